The smallest absolute Gasteiger partial charge is 0.311 e. The predicted octanol–water partition coefficient (Wildman–Crippen LogP) is 3.18. The zero-order chi connectivity index (χ0) is 19.4. The first-order chi connectivity index (χ1) is 12.9. The molecule has 0 aliphatic carbocycles. The van der Waals surface area contributed by atoms with E-state index in [9.17, 15) is 14.4 Å². The molecular formula is C20H19ClN2O4. The Labute approximate surface area is 162 Å². The topological polar surface area (TPSA) is 75.7 Å². The van der Waals surface area contributed by atoms with E-state index in [-0.39, 0.29) is 18.9 Å². The van der Waals surface area contributed by atoms with E-state index >= 15 is 0 Å². The molecule has 140 valence electrons. The van der Waals surface area contributed by atoms with E-state index in [1.807, 2.05) is 25.1 Å². The highest BCUT2D eigenvalue weighted by molar-refractivity contribution is 6.30. The van der Waals surface area contributed by atoms with Crippen LogP contribution >= 0.6 is 11.6 Å². The number of carbonyl (C=O) groups excluding carboxylic acids is 3. The van der Waals surface area contributed by atoms with Crippen molar-refractivity contribution in [2.45, 2.75) is 13.3 Å². The van der Waals surface area contributed by atoms with E-state index in [1.54, 1.807) is 30.3 Å². The monoisotopic (exact) mass is 386 g/mol. The first kappa shape index (κ1) is 18.9. The lowest BCUT2D eigenvalue weighted by molar-refractivity contribution is -0.151. The fraction of sp³-hybridized carbons (Fsp3) is 0.250. The van der Waals surface area contributed by atoms with Crippen LogP contribution in [0.2, 0.25) is 5.02 Å². The van der Waals surface area contributed by atoms with E-state index < -0.39 is 24.4 Å². The first-order valence-corrected chi connectivity index (χ1v) is 8.90. The van der Waals surface area contributed by atoms with Gasteiger partial charge in [0.2, 0.25) is 5.91 Å². The quantitative estimate of drug-likeness (QED) is 0.801. The molecule has 7 heteroatoms. The van der Waals surface area contributed by atoms with Crippen LogP contribution in [-0.4, -0.2) is 30.9 Å². The number of benzene rings is 2. The van der Waals surface area contributed by atoms with Crippen molar-refractivity contribution in [2.75, 3.05) is 23.4 Å². The van der Waals surface area contributed by atoms with Crippen molar-refractivity contribution >= 4 is 40.8 Å². The second-order valence-electron chi connectivity index (χ2n) is 6.35. The number of aryl methyl sites for hydroxylation is 1. The van der Waals surface area contributed by atoms with Gasteiger partial charge in [0.1, 0.15) is 0 Å². The molecule has 0 unspecified atom stereocenters. The van der Waals surface area contributed by atoms with Crippen LogP contribution in [-0.2, 0) is 19.1 Å². The Bertz CT molecular complexity index is 867. The second kappa shape index (κ2) is 8.22. The molecule has 1 heterocycles. The molecule has 27 heavy (non-hydrogen) atoms. The summed E-state index contributed by atoms with van der Waals surface area (Å²) in [5, 5.41) is 3.27. The minimum atomic E-state index is -0.598. The number of hydrogen-bond acceptors (Lipinski definition) is 4. The lowest BCUT2D eigenvalue weighted by Crippen LogP contribution is -2.28. The molecule has 0 radical (unpaired) electrons. The predicted molar refractivity (Wildman–Crippen MR) is 103 cm³/mol. The Hall–Kier alpha value is -2.86. The minimum Gasteiger partial charge on any atom is -0.455 e. The molecule has 0 spiro atoms. The molecule has 1 saturated heterocycles. The van der Waals surface area contributed by atoms with Crippen molar-refractivity contribution in [3.63, 3.8) is 0 Å². The molecule has 0 bridgehead atoms. The van der Waals surface area contributed by atoms with Crippen molar-refractivity contribution in [3.05, 3.63) is 59.1 Å². The fourth-order valence-electron chi connectivity index (χ4n) is 2.89. The minimum absolute atomic E-state index is 0.0564. The van der Waals surface area contributed by atoms with Gasteiger partial charge in [0.25, 0.3) is 5.91 Å². The van der Waals surface area contributed by atoms with Crippen LogP contribution in [0.1, 0.15) is 12.0 Å². The Kier molecular flexibility index (Phi) is 5.76. The van der Waals surface area contributed by atoms with Crippen molar-refractivity contribution in [1.29, 1.82) is 0 Å². The summed E-state index contributed by atoms with van der Waals surface area (Å²) in [6, 6.07) is 14.1. The normalized spacial score (nSPS) is 16.3. The van der Waals surface area contributed by atoms with Crippen LogP contribution in [0, 0.1) is 12.8 Å². The highest BCUT2D eigenvalue weighted by Gasteiger charge is 2.36. The van der Waals surface area contributed by atoms with Gasteiger partial charge >= 0.3 is 5.97 Å². The molecule has 3 rings (SSSR count). The van der Waals surface area contributed by atoms with Crippen molar-refractivity contribution in [3.8, 4) is 0 Å². The van der Waals surface area contributed by atoms with E-state index in [2.05, 4.69) is 5.32 Å². The summed E-state index contributed by atoms with van der Waals surface area (Å²) >= 11 is 5.86. The van der Waals surface area contributed by atoms with E-state index in [0.29, 0.717) is 16.4 Å². The standard InChI is InChI=1S/C20H19ClN2O4/c1-13-4-2-3-5-17(13)22-18(24)12-27-20(26)14-10-19(25)23(11-14)16-8-6-15(21)7-9-16/h2-9,14H,10-12H2,1H3,(H,22,24)/t14-/m1/s1. The lowest BCUT2D eigenvalue weighted by atomic mass is 10.1. The van der Waals surface area contributed by atoms with Gasteiger partial charge in [-0.05, 0) is 42.8 Å². The van der Waals surface area contributed by atoms with Crippen LogP contribution in [0.25, 0.3) is 0 Å². The van der Waals surface area contributed by atoms with Gasteiger partial charge in [-0.25, -0.2) is 0 Å². The molecule has 1 fully saturated rings. The average molecular weight is 387 g/mol. The van der Waals surface area contributed by atoms with Crippen molar-refractivity contribution in [1.82, 2.24) is 0 Å². The van der Waals surface area contributed by atoms with E-state index in [4.69, 9.17) is 16.3 Å². The van der Waals surface area contributed by atoms with Crippen LogP contribution in [0.5, 0.6) is 0 Å². The number of nitrogens with one attached hydrogen (secondary N) is 1. The van der Waals surface area contributed by atoms with Crippen LogP contribution < -0.4 is 10.2 Å². The van der Waals surface area contributed by atoms with Gasteiger partial charge in [0, 0.05) is 29.4 Å². The Balaban J connectivity index is 1.53. The first-order valence-electron chi connectivity index (χ1n) is 8.52. The molecule has 2 aromatic carbocycles. The summed E-state index contributed by atoms with van der Waals surface area (Å²) in [6.45, 7) is 1.70. The number of rotatable bonds is 5. The Morgan fingerprint density at radius 2 is 1.89 bits per heavy atom. The van der Waals surface area contributed by atoms with Crippen LogP contribution in [0.4, 0.5) is 11.4 Å². The SMILES string of the molecule is Cc1ccccc1NC(=O)COC(=O)[C@@H]1CC(=O)N(c2ccc(Cl)cc2)C1. The van der Waals surface area contributed by atoms with Gasteiger partial charge in [-0.3, -0.25) is 14.4 Å². The van der Waals surface area contributed by atoms with Gasteiger partial charge in [-0.15, -0.1) is 0 Å². The number of halogens is 1. The highest BCUT2D eigenvalue weighted by atomic mass is 35.5. The lowest BCUT2D eigenvalue weighted by Gasteiger charge is -2.16. The summed E-state index contributed by atoms with van der Waals surface area (Å²) in [4.78, 5) is 38.0. The third-order valence-electron chi connectivity index (χ3n) is 4.36. The number of nitrogens with zero attached hydrogens (tertiary/aromatic N) is 1. The number of ether oxygens (including phenoxy) is 1. The van der Waals surface area contributed by atoms with E-state index in [1.165, 1.54) is 4.90 Å². The fourth-order valence-corrected chi connectivity index (χ4v) is 3.02. The molecule has 1 aliphatic rings. The van der Waals surface area contributed by atoms with Crippen molar-refractivity contribution in [2.24, 2.45) is 5.92 Å². The molecule has 2 aromatic rings. The zero-order valence-corrected chi connectivity index (χ0v) is 15.5. The molecule has 2 amide bonds. The third kappa shape index (κ3) is 4.65. The van der Waals surface area contributed by atoms with Gasteiger partial charge in [0.05, 0.1) is 5.92 Å². The highest BCUT2D eigenvalue weighted by Crippen LogP contribution is 2.27. The molecule has 0 saturated carbocycles. The third-order valence-corrected chi connectivity index (χ3v) is 4.61. The average Bonchev–Trinajstić information content (AvgIpc) is 3.04. The largest absolute Gasteiger partial charge is 0.455 e. The van der Waals surface area contributed by atoms with Gasteiger partial charge in [-0.1, -0.05) is 29.8 Å². The Morgan fingerprint density at radius 1 is 1.19 bits per heavy atom. The Morgan fingerprint density at radius 3 is 2.59 bits per heavy atom. The number of anilines is 2. The number of esters is 1. The summed E-state index contributed by atoms with van der Waals surface area (Å²) in [7, 11) is 0. The maximum atomic E-state index is 12.2. The van der Waals surface area contributed by atoms with Gasteiger partial charge < -0.3 is 15.0 Å². The van der Waals surface area contributed by atoms with Crippen LogP contribution in [0.15, 0.2) is 48.5 Å². The van der Waals surface area contributed by atoms with Gasteiger partial charge in [-0.2, -0.15) is 0 Å². The van der Waals surface area contributed by atoms with E-state index in [0.717, 1.165) is 5.56 Å². The number of amides is 2. The van der Waals surface area contributed by atoms with Crippen molar-refractivity contribution < 1.29 is 19.1 Å². The number of hydrogen-bond donors (Lipinski definition) is 1. The molecule has 0 aromatic heterocycles. The molecule has 1 aliphatic heterocycles. The number of para-hydroxylation sites is 1. The summed E-state index contributed by atoms with van der Waals surface area (Å²) in [5.74, 6) is -1.74. The van der Waals surface area contributed by atoms with Crippen LogP contribution in [0.3, 0.4) is 0 Å². The maximum Gasteiger partial charge on any atom is 0.311 e. The second-order valence-corrected chi connectivity index (χ2v) is 6.79. The summed E-state index contributed by atoms with van der Waals surface area (Å²) in [5.41, 5.74) is 2.26. The summed E-state index contributed by atoms with van der Waals surface area (Å²) in [6.07, 6.45) is 0.0564. The summed E-state index contributed by atoms with van der Waals surface area (Å²) < 4.78 is 5.10. The molecule has 6 nitrogen and oxygen atoms in total. The zero-order valence-electron chi connectivity index (χ0n) is 14.8. The molecule has 1 atom stereocenters. The van der Waals surface area contributed by atoms with Gasteiger partial charge in [0.15, 0.2) is 6.61 Å². The molecule has 1 N–H and O–H groups in total. The number of carbonyl (C=O) groups is 3. The molecular weight excluding hydrogens is 368 g/mol. The maximum absolute atomic E-state index is 12.2.